The summed E-state index contributed by atoms with van der Waals surface area (Å²) in [6, 6.07) is 0. The summed E-state index contributed by atoms with van der Waals surface area (Å²) in [6.07, 6.45) is 7.01. The fraction of sp³-hybridized carbons (Fsp3) is 1.00. The van der Waals surface area contributed by atoms with E-state index in [1.165, 1.54) is 32.1 Å². The molecule has 11 heavy (non-hydrogen) atoms. The second-order valence-corrected chi connectivity index (χ2v) is 6.92. The van der Waals surface area contributed by atoms with Gasteiger partial charge in [0.15, 0.2) is 0 Å². The Bertz CT molecular complexity index is 104. The van der Waals surface area contributed by atoms with Crippen LogP contribution < -0.4 is 4.98 Å². The molecule has 1 N–H and O–H groups in total. The summed E-state index contributed by atoms with van der Waals surface area (Å²) in [7, 11) is -1.06. The minimum atomic E-state index is -1.06. The van der Waals surface area contributed by atoms with Crippen LogP contribution in [0.15, 0.2) is 0 Å². The monoisotopic (exact) mass is 191 g/mol. The molecule has 1 rings (SSSR count). The lowest BCUT2D eigenvalue weighted by Gasteiger charge is -2.24. The topological polar surface area (TPSA) is 12.0 Å². The molecule has 0 radical (unpaired) electrons. The minimum absolute atomic E-state index is 0.866. The lowest BCUT2D eigenvalue weighted by Crippen LogP contribution is -2.34. The van der Waals surface area contributed by atoms with Gasteiger partial charge in [0, 0.05) is 0 Å². The van der Waals surface area contributed by atoms with Crippen molar-refractivity contribution in [3.8, 4) is 0 Å². The third kappa shape index (κ3) is 3.14. The van der Waals surface area contributed by atoms with Crippen LogP contribution in [0.3, 0.4) is 0 Å². The van der Waals surface area contributed by atoms with E-state index in [1.807, 2.05) is 0 Å². The van der Waals surface area contributed by atoms with E-state index in [-0.39, 0.29) is 0 Å². The molecule has 0 amide bonds. The third-order valence-corrected chi connectivity index (χ3v) is 6.29. The van der Waals surface area contributed by atoms with E-state index in [1.54, 1.807) is 0 Å². The molecule has 0 aromatic heterocycles. The van der Waals surface area contributed by atoms with Crippen molar-refractivity contribution in [1.82, 2.24) is 4.98 Å². The zero-order valence-corrected chi connectivity index (χ0v) is 9.19. The summed E-state index contributed by atoms with van der Waals surface area (Å²) in [4.78, 5) is 3.42. The highest BCUT2D eigenvalue weighted by Crippen LogP contribution is 2.31. The fourth-order valence-corrected chi connectivity index (χ4v) is 4.79. The minimum Gasteiger partial charge on any atom is -0.328 e. The Morgan fingerprint density at radius 2 is 2.00 bits per heavy atom. The predicted molar refractivity (Wildman–Crippen MR) is 53.5 cm³/mol. The van der Waals surface area contributed by atoms with E-state index in [2.05, 4.69) is 11.9 Å². The maximum atomic E-state index is 6.29. The van der Waals surface area contributed by atoms with E-state index in [0.29, 0.717) is 0 Å². The largest absolute Gasteiger partial charge is 0.328 e. The van der Waals surface area contributed by atoms with Crippen molar-refractivity contribution in [2.75, 3.05) is 6.54 Å². The van der Waals surface area contributed by atoms with Gasteiger partial charge in [0.25, 0.3) is 0 Å². The number of halogens is 1. The second-order valence-electron chi connectivity index (χ2n) is 3.36. The Kier molecular flexibility index (Phi) is 4.49. The molecule has 0 saturated heterocycles. The van der Waals surface area contributed by atoms with Gasteiger partial charge in [0.1, 0.15) is 0 Å². The van der Waals surface area contributed by atoms with Gasteiger partial charge < -0.3 is 4.98 Å². The molecule has 0 aromatic rings. The summed E-state index contributed by atoms with van der Waals surface area (Å²) >= 11 is 6.29. The van der Waals surface area contributed by atoms with E-state index < -0.39 is 8.27 Å². The van der Waals surface area contributed by atoms with Crippen molar-refractivity contribution in [3.63, 3.8) is 0 Å². The Labute approximate surface area is 75.9 Å². The summed E-state index contributed by atoms with van der Waals surface area (Å²) < 4.78 is 0. The average molecular weight is 192 g/mol. The van der Waals surface area contributed by atoms with Crippen LogP contribution in [0, 0.1) is 0 Å². The first kappa shape index (κ1) is 9.55. The zero-order chi connectivity index (χ0) is 8.10. The van der Waals surface area contributed by atoms with E-state index >= 15 is 0 Å². The highest BCUT2D eigenvalue weighted by Gasteiger charge is 2.22. The molecule has 3 heteroatoms. The van der Waals surface area contributed by atoms with Crippen molar-refractivity contribution in [2.24, 2.45) is 0 Å². The van der Waals surface area contributed by atoms with Crippen LogP contribution in [0.4, 0.5) is 0 Å². The zero-order valence-electron chi connectivity index (χ0n) is 7.28. The van der Waals surface area contributed by atoms with Gasteiger partial charge in [-0.15, -0.1) is 0 Å². The van der Waals surface area contributed by atoms with Gasteiger partial charge in [-0.25, -0.2) is 0 Å². The van der Waals surface area contributed by atoms with Crippen LogP contribution in [-0.2, 0) is 0 Å². The van der Waals surface area contributed by atoms with Crippen molar-refractivity contribution >= 4 is 19.3 Å². The van der Waals surface area contributed by atoms with Crippen LogP contribution >= 0.6 is 11.1 Å². The summed E-state index contributed by atoms with van der Waals surface area (Å²) in [5.74, 6) is 0. The molecule has 0 spiro atoms. The molecule has 0 aromatic carbocycles. The number of hydrogen-bond donors (Lipinski definition) is 1. The smallest absolute Gasteiger partial charge is 0.214 e. The molecular weight excluding hydrogens is 174 g/mol. The van der Waals surface area contributed by atoms with Gasteiger partial charge in [-0.1, -0.05) is 39.0 Å². The van der Waals surface area contributed by atoms with Gasteiger partial charge >= 0.3 is 0 Å². The normalized spacial score (nSPS) is 23.5. The maximum absolute atomic E-state index is 6.29. The van der Waals surface area contributed by atoms with Gasteiger partial charge in [0.2, 0.25) is 8.27 Å². The van der Waals surface area contributed by atoms with Gasteiger partial charge in [-0.3, -0.25) is 0 Å². The molecule has 0 bridgehead atoms. The number of rotatable bonds is 3. The molecule has 1 nitrogen and oxygen atoms in total. The molecule has 1 atom stereocenters. The molecule has 0 heterocycles. The third-order valence-electron chi connectivity index (χ3n) is 2.46. The van der Waals surface area contributed by atoms with Gasteiger partial charge in [0.05, 0.1) is 0 Å². The van der Waals surface area contributed by atoms with E-state index in [9.17, 15) is 0 Å². The first-order valence-corrected chi connectivity index (χ1v) is 7.71. The van der Waals surface area contributed by atoms with Crippen LogP contribution in [-0.4, -0.2) is 14.8 Å². The lowest BCUT2D eigenvalue weighted by molar-refractivity contribution is 0.496. The second kappa shape index (κ2) is 5.17. The number of hydrogen-bond acceptors (Lipinski definition) is 1. The highest BCUT2D eigenvalue weighted by molar-refractivity contribution is 7.06. The van der Waals surface area contributed by atoms with Crippen LogP contribution in [0.25, 0.3) is 0 Å². The van der Waals surface area contributed by atoms with Crippen LogP contribution in [0.1, 0.15) is 39.0 Å². The van der Waals surface area contributed by atoms with Crippen molar-refractivity contribution in [2.45, 2.75) is 44.6 Å². The van der Waals surface area contributed by atoms with Crippen LogP contribution in [0.2, 0.25) is 5.54 Å². The number of nitrogens with one attached hydrogen (secondary N) is 1. The van der Waals surface area contributed by atoms with Crippen molar-refractivity contribution in [3.05, 3.63) is 0 Å². The summed E-state index contributed by atoms with van der Waals surface area (Å²) in [6.45, 7) is 3.20. The summed E-state index contributed by atoms with van der Waals surface area (Å²) in [5.41, 5.74) is 0.866. The predicted octanol–water partition coefficient (Wildman–Crippen LogP) is 2.39. The first-order chi connectivity index (χ1) is 5.34. The molecule has 1 fully saturated rings. The van der Waals surface area contributed by atoms with Gasteiger partial charge in [-0.2, -0.15) is 11.1 Å². The molecule has 66 valence electrons. The summed E-state index contributed by atoms with van der Waals surface area (Å²) in [5, 5.41) is 0. The SMILES string of the molecule is CCN[SiH](Cl)C1CCCCC1. The molecule has 1 saturated carbocycles. The Morgan fingerprint density at radius 3 is 2.55 bits per heavy atom. The highest BCUT2D eigenvalue weighted by atomic mass is 35.6. The lowest BCUT2D eigenvalue weighted by atomic mass is 10.0. The molecule has 0 aliphatic heterocycles. The Hall–Kier alpha value is 0.467. The molecule has 1 aliphatic carbocycles. The van der Waals surface area contributed by atoms with Crippen molar-refractivity contribution in [1.29, 1.82) is 0 Å². The van der Waals surface area contributed by atoms with Crippen molar-refractivity contribution < 1.29 is 0 Å². The Balaban J connectivity index is 2.21. The average Bonchev–Trinajstić information content (AvgIpc) is 2.07. The van der Waals surface area contributed by atoms with Crippen LogP contribution in [0.5, 0.6) is 0 Å². The standard InChI is InChI=1S/C8H18ClNSi/c1-2-10-11(9)8-6-4-3-5-7-8/h8,10-11H,2-7H2,1H3. The van der Waals surface area contributed by atoms with E-state index in [4.69, 9.17) is 11.1 Å². The quantitative estimate of drug-likeness (QED) is 0.534. The maximum Gasteiger partial charge on any atom is 0.214 e. The first-order valence-electron chi connectivity index (χ1n) is 4.72. The van der Waals surface area contributed by atoms with E-state index in [0.717, 1.165) is 12.1 Å². The molecular formula is C8H18ClNSi. The fourth-order valence-electron chi connectivity index (χ4n) is 1.79. The molecule has 1 aliphatic rings. The van der Waals surface area contributed by atoms with Gasteiger partial charge in [-0.05, 0) is 12.1 Å². The molecule has 1 unspecified atom stereocenters. The Morgan fingerprint density at radius 1 is 1.36 bits per heavy atom.